The van der Waals surface area contributed by atoms with Crippen molar-refractivity contribution in [2.45, 2.75) is 44.6 Å². The first-order valence-corrected chi connectivity index (χ1v) is 7.35. The second-order valence-corrected chi connectivity index (χ2v) is 6.09. The Morgan fingerprint density at radius 2 is 1.95 bits per heavy atom. The van der Waals surface area contributed by atoms with E-state index in [4.69, 9.17) is 21.9 Å². The topological polar surface area (TPSA) is 64.9 Å². The van der Waals surface area contributed by atoms with Crippen molar-refractivity contribution in [1.82, 2.24) is 10.1 Å². The SMILES string of the molecule is Cc1cc(Cl)cc(-c2nc(C3(N)CCCCC3)no2)c1. The number of aryl methyl sites for hydroxylation is 1. The third-order valence-corrected chi connectivity index (χ3v) is 4.12. The van der Waals surface area contributed by atoms with Crippen molar-refractivity contribution in [2.75, 3.05) is 0 Å². The number of halogens is 1. The summed E-state index contributed by atoms with van der Waals surface area (Å²) in [5.41, 5.74) is 7.89. The predicted molar refractivity (Wildman–Crippen MR) is 78.4 cm³/mol. The first kappa shape index (κ1) is 13.6. The van der Waals surface area contributed by atoms with Crippen LogP contribution in [0.25, 0.3) is 11.5 Å². The fourth-order valence-electron chi connectivity index (χ4n) is 2.81. The molecule has 0 spiro atoms. The molecule has 106 valence electrons. The Labute approximate surface area is 123 Å². The molecule has 1 aromatic carbocycles. The fraction of sp³-hybridized carbons (Fsp3) is 0.467. The molecular weight excluding hydrogens is 274 g/mol. The van der Waals surface area contributed by atoms with Crippen LogP contribution in [0.3, 0.4) is 0 Å². The van der Waals surface area contributed by atoms with E-state index in [1.54, 1.807) is 0 Å². The molecule has 5 heteroatoms. The Balaban J connectivity index is 1.93. The van der Waals surface area contributed by atoms with Crippen LogP contribution in [0.4, 0.5) is 0 Å². The van der Waals surface area contributed by atoms with E-state index in [0.717, 1.165) is 36.8 Å². The second-order valence-electron chi connectivity index (χ2n) is 5.66. The summed E-state index contributed by atoms with van der Waals surface area (Å²) in [6, 6.07) is 5.71. The maximum absolute atomic E-state index is 6.42. The van der Waals surface area contributed by atoms with Gasteiger partial charge in [0.2, 0.25) is 0 Å². The summed E-state index contributed by atoms with van der Waals surface area (Å²) < 4.78 is 5.38. The highest BCUT2D eigenvalue weighted by atomic mass is 35.5. The number of hydrogen-bond donors (Lipinski definition) is 1. The van der Waals surface area contributed by atoms with E-state index in [0.29, 0.717) is 16.7 Å². The van der Waals surface area contributed by atoms with Crippen LogP contribution in [0.1, 0.15) is 43.5 Å². The lowest BCUT2D eigenvalue weighted by atomic mass is 9.82. The third kappa shape index (κ3) is 2.58. The number of benzene rings is 1. The first-order valence-electron chi connectivity index (χ1n) is 6.97. The molecule has 0 amide bonds. The minimum Gasteiger partial charge on any atom is -0.334 e. The summed E-state index contributed by atoms with van der Waals surface area (Å²) in [4.78, 5) is 4.50. The number of rotatable bonds is 2. The summed E-state index contributed by atoms with van der Waals surface area (Å²) in [6.07, 6.45) is 5.31. The molecule has 1 saturated carbocycles. The molecule has 1 aromatic heterocycles. The summed E-state index contributed by atoms with van der Waals surface area (Å²) in [6.45, 7) is 1.98. The van der Waals surface area contributed by atoms with Crippen molar-refractivity contribution >= 4 is 11.6 Å². The number of hydrogen-bond acceptors (Lipinski definition) is 4. The standard InChI is InChI=1S/C15H18ClN3O/c1-10-7-11(9-12(16)8-10)13-18-14(19-20-13)15(17)5-3-2-4-6-15/h7-9H,2-6,17H2,1H3. The van der Waals surface area contributed by atoms with E-state index in [1.165, 1.54) is 6.42 Å². The predicted octanol–water partition coefficient (Wildman–Crippen LogP) is 3.82. The van der Waals surface area contributed by atoms with Gasteiger partial charge in [0.25, 0.3) is 5.89 Å². The number of nitrogens with zero attached hydrogens (tertiary/aromatic N) is 2. The first-order chi connectivity index (χ1) is 9.57. The molecule has 20 heavy (non-hydrogen) atoms. The Bertz CT molecular complexity index is 597. The van der Waals surface area contributed by atoms with Gasteiger partial charge in [0, 0.05) is 10.6 Å². The zero-order valence-corrected chi connectivity index (χ0v) is 12.3. The van der Waals surface area contributed by atoms with Crippen LogP contribution in [0, 0.1) is 6.92 Å². The minimum absolute atomic E-state index is 0.437. The smallest absolute Gasteiger partial charge is 0.258 e. The van der Waals surface area contributed by atoms with Crippen molar-refractivity contribution in [3.8, 4) is 11.5 Å². The average molecular weight is 292 g/mol. The fourth-order valence-corrected chi connectivity index (χ4v) is 3.10. The number of aromatic nitrogens is 2. The molecule has 1 fully saturated rings. The van der Waals surface area contributed by atoms with Crippen molar-refractivity contribution in [2.24, 2.45) is 5.73 Å². The zero-order chi connectivity index (χ0) is 14.2. The maximum Gasteiger partial charge on any atom is 0.258 e. The molecule has 4 nitrogen and oxygen atoms in total. The highest BCUT2D eigenvalue weighted by Gasteiger charge is 2.34. The third-order valence-electron chi connectivity index (χ3n) is 3.91. The van der Waals surface area contributed by atoms with E-state index < -0.39 is 5.54 Å². The van der Waals surface area contributed by atoms with Gasteiger partial charge in [-0.25, -0.2) is 0 Å². The van der Waals surface area contributed by atoms with E-state index in [-0.39, 0.29) is 0 Å². The normalized spacial score (nSPS) is 18.1. The van der Waals surface area contributed by atoms with Crippen LogP contribution < -0.4 is 5.73 Å². The molecule has 1 heterocycles. The van der Waals surface area contributed by atoms with Crippen molar-refractivity contribution < 1.29 is 4.52 Å². The summed E-state index contributed by atoms with van der Waals surface area (Å²) in [5, 5.41) is 4.76. The van der Waals surface area contributed by atoms with Crippen molar-refractivity contribution in [1.29, 1.82) is 0 Å². The van der Waals surface area contributed by atoms with Gasteiger partial charge >= 0.3 is 0 Å². The lowest BCUT2D eigenvalue weighted by molar-refractivity contribution is 0.275. The lowest BCUT2D eigenvalue weighted by Gasteiger charge is -2.29. The van der Waals surface area contributed by atoms with Crippen molar-refractivity contribution in [3.63, 3.8) is 0 Å². The van der Waals surface area contributed by atoms with Crippen molar-refractivity contribution in [3.05, 3.63) is 34.6 Å². The molecule has 2 aromatic rings. The van der Waals surface area contributed by atoms with Crippen LogP contribution in [0.5, 0.6) is 0 Å². The second kappa shape index (κ2) is 5.19. The van der Waals surface area contributed by atoms with Crippen LogP contribution in [0.2, 0.25) is 5.02 Å². The van der Waals surface area contributed by atoms with Gasteiger partial charge in [-0.3, -0.25) is 0 Å². The summed E-state index contributed by atoms with van der Waals surface area (Å²) >= 11 is 6.07. The van der Waals surface area contributed by atoms with Gasteiger partial charge in [-0.2, -0.15) is 4.98 Å². The lowest BCUT2D eigenvalue weighted by Crippen LogP contribution is -2.39. The van der Waals surface area contributed by atoms with Crippen LogP contribution in [0.15, 0.2) is 22.7 Å². The Hall–Kier alpha value is -1.39. The molecular formula is C15H18ClN3O. The summed E-state index contributed by atoms with van der Waals surface area (Å²) in [5.74, 6) is 1.10. The Morgan fingerprint density at radius 3 is 2.65 bits per heavy atom. The molecule has 0 atom stereocenters. The van der Waals surface area contributed by atoms with Gasteiger partial charge in [0.05, 0.1) is 5.54 Å². The molecule has 1 aliphatic carbocycles. The average Bonchev–Trinajstić information content (AvgIpc) is 2.89. The molecule has 3 rings (SSSR count). The van der Waals surface area contributed by atoms with E-state index in [9.17, 15) is 0 Å². The van der Waals surface area contributed by atoms with E-state index in [1.807, 2.05) is 25.1 Å². The Morgan fingerprint density at radius 1 is 1.20 bits per heavy atom. The minimum atomic E-state index is -0.437. The molecule has 1 aliphatic rings. The van der Waals surface area contributed by atoms with Crippen LogP contribution >= 0.6 is 11.6 Å². The van der Waals surface area contributed by atoms with Gasteiger partial charge in [-0.05, 0) is 43.5 Å². The van der Waals surface area contributed by atoms with Gasteiger partial charge in [0.15, 0.2) is 5.82 Å². The van der Waals surface area contributed by atoms with Gasteiger partial charge < -0.3 is 10.3 Å². The molecule has 2 N–H and O–H groups in total. The van der Waals surface area contributed by atoms with Gasteiger partial charge in [-0.1, -0.05) is 36.0 Å². The van der Waals surface area contributed by atoms with E-state index in [2.05, 4.69) is 10.1 Å². The highest BCUT2D eigenvalue weighted by Crippen LogP contribution is 2.34. The van der Waals surface area contributed by atoms with Gasteiger partial charge in [0.1, 0.15) is 0 Å². The van der Waals surface area contributed by atoms with E-state index >= 15 is 0 Å². The highest BCUT2D eigenvalue weighted by molar-refractivity contribution is 6.30. The summed E-state index contributed by atoms with van der Waals surface area (Å²) in [7, 11) is 0. The largest absolute Gasteiger partial charge is 0.334 e. The van der Waals surface area contributed by atoms with Crippen LogP contribution in [-0.2, 0) is 5.54 Å². The maximum atomic E-state index is 6.42. The van der Waals surface area contributed by atoms with Gasteiger partial charge in [-0.15, -0.1) is 0 Å². The van der Waals surface area contributed by atoms with Crippen LogP contribution in [-0.4, -0.2) is 10.1 Å². The quantitative estimate of drug-likeness (QED) is 0.913. The monoisotopic (exact) mass is 291 g/mol. The molecule has 0 bridgehead atoms. The molecule has 0 unspecified atom stereocenters. The zero-order valence-electron chi connectivity index (χ0n) is 11.5. The Kier molecular flexibility index (Phi) is 3.52. The molecule has 0 radical (unpaired) electrons. The molecule has 0 aliphatic heterocycles. The molecule has 0 saturated heterocycles. The number of nitrogens with two attached hydrogens (primary N) is 1.